The van der Waals surface area contributed by atoms with E-state index in [9.17, 15) is 4.79 Å². The molecule has 102 valence electrons. The number of hydrogen-bond acceptors (Lipinski definition) is 5. The van der Waals surface area contributed by atoms with Gasteiger partial charge in [-0.2, -0.15) is 4.98 Å². The van der Waals surface area contributed by atoms with Gasteiger partial charge in [0.2, 0.25) is 11.7 Å². The molecule has 0 spiro atoms. The monoisotopic (exact) mass is 254 g/mol. The van der Waals surface area contributed by atoms with Crippen LogP contribution in [0.3, 0.4) is 0 Å². The third-order valence-electron chi connectivity index (χ3n) is 2.66. The van der Waals surface area contributed by atoms with E-state index >= 15 is 0 Å². The molecular weight excluding hydrogens is 232 g/mol. The number of aromatic nitrogens is 2. The summed E-state index contributed by atoms with van der Waals surface area (Å²) in [5, 5.41) is 3.88. The highest BCUT2D eigenvalue weighted by atomic mass is 16.5. The lowest BCUT2D eigenvalue weighted by Crippen LogP contribution is -2.24. The van der Waals surface area contributed by atoms with Crippen molar-refractivity contribution < 1.29 is 14.1 Å². The average molecular weight is 254 g/mol. The summed E-state index contributed by atoms with van der Waals surface area (Å²) in [7, 11) is 0. The third-order valence-corrected chi connectivity index (χ3v) is 2.66. The van der Waals surface area contributed by atoms with Crippen LogP contribution in [0.2, 0.25) is 0 Å². The van der Waals surface area contributed by atoms with Crippen molar-refractivity contribution in [2.45, 2.75) is 53.6 Å². The fraction of sp³-hybridized carbons (Fsp3) is 0.769. The Morgan fingerprint density at radius 1 is 1.28 bits per heavy atom. The molecule has 0 aliphatic carbocycles. The summed E-state index contributed by atoms with van der Waals surface area (Å²) in [4.78, 5) is 16.1. The normalized spacial score (nSPS) is 12.8. The first-order valence-corrected chi connectivity index (χ1v) is 6.17. The van der Waals surface area contributed by atoms with Crippen molar-refractivity contribution in [3.05, 3.63) is 11.7 Å². The number of rotatable bonds is 5. The lowest BCUT2D eigenvalue weighted by molar-refractivity contribution is -0.125. The highest BCUT2D eigenvalue weighted by Crippen LogP contribution is 2.23. The van der Waals surface area contributed by atoms with Gasteiger partial charge in [0.05, 0.1) is 6.42 Å². The highest BCUT2D eigenvalue weighted by Gasteiger charge is 2.29. The van der Waals surface area contributed by atoms with Crippen molar-refractivity contribution in [2.24, 2.45) is 5.41 Å². The molecule has 0 amide bonds. The van der Waals surface area contributed by atoms with Gasteiger partial charge < -0.3 is 9.26 Å². The van der Waals surface area contributed by atoms with Gasteiger partial charge in [0.25, 0.3) is 0 Å². The van der Waals surface area contributed by atoms with Crippen LogP contribution in [0.4, 0.5) is 0 Å². The van der Waals surface area contributed by atoms with E-state index in [-0.39, 0.29) is 12.2 Å². The van der Waals surface area contributed by atoms with Crippen LogP contribution in [0, 0.1) is 5.41 Å². The number of hydrogen-bond donors (Lipinski definition) is 0. The summed E-state index contributed by atoms with van der Waals surface area (Å²) < 4.78 is 10.6. The Balaban J connectivity index is 2.79. The molecule has 0 aromatic carbocycles. The molecule has 18 heavy (non-hydrogen) atoms. The molecule has 0 aliphatic rings. The number of ether oxygens (including phenoxy) is 1. The van der Waals surface area contributed by atoms with Gasteiger partial charge in [-0.15, -0.1) is 0 Å². The van der Waals surface area contributed by atoms with E-state index in [1.54, 1.807) is 0 Å². The summed E-state index contributed by atoms with van der Waals surface area (Å²) in [5.41, 5.74) is -0.995. The van der Waals surface area contributed by atoms with Gasteiger partial charge in [0.15, 0.2) is 0 Å². The quantitative estimate of drug-likeness (QED) is 0.807. The first kappa shape index (κ1) is 14.8. The first-order valence-electron chi connectivity index (χ1n) is 6.17. The molecule has 1 aromatic heterocycles. The number of Topliss-reactive ketones (excluding diaryl/α,β-unsaturated/α-hetero) is 1. The van der Waals surface area contributed by atoms with Gasteiger partial charge in [-0.05, 0) is 20.8 Å². The van der Waals surface area contributed by atoms with E-state index < -0.39 is 11.0 Å². The summed E-state index contributed by atoms with van der Waals surface area (Å²) in [6.07, 6.45) is 0.165. The zero-order chi connectivity index (χ0) is 14.0. The van der Waals surface area contributed by atoms with Crippen LogP contribution < -0.4 is 0 Å². The van der Waals surface area contributed by atoms with Crippen molar-refractivity contribution in [3.8, 4) is 0 Å². The van der Waals surface area contributed by atoms with E-state index in [0.717, 1.165) is 0 Å². The van der Waals surface area contributed by atoms with Gasteiger partial charge in [0.1, 0.15) is 11.4 Å². The Morgan fingerprint density at radius 3 is 2.39 bits per heavy atom. The first-order chi connectivity index (χ1) is 8.16. The largest absolute Gasteiger partial charge is 0.368 e. The van der Waals surface area contributed by atoms with Gasteiger partial charge in [-0.25, -0.2) is 0 Å². The molecule has 0 radical (unpaired) electrons. The summed E-state index contributed by atoms with van der Waals surface area (Å²) in [5.74, 6) is 0.894. The molecule has 0 bridgehead atoms. The fourth-order valence-electron chi connectivity index (χ4n) is 1.40. The maximum absolute atomic E-state index is 11.9. The fourth-order valence-corrected chi connectivity index (χ4v) is 1.40. The molecule has 5 nitrogen and oxygen atoms in total. The van der Waals surface area contributed by atoms with E-state index in [0.29, 0.717) is 18.3 Å². The van der Waals surface area contributed by atoms with E-state index in [1.165, 1.54) is 0 Å². The summed E-state index contributed by atoms with van der Waals surface area (Å²) in [6.45, 7) is 11.8. The number of carbonyl (C=O) groups is 1. The van der Waals surface area contributed by atoms with Gasteiger partial charge in [-0.3, -0.25) is 4.79 Å². The minimum atomic E-state index is -0.596. The Kier molecular flexibility index (Phi) is 4.27. The molecule has 5 heteroatoms. The second kappa shape index (κ2) is 5.18. The molecular formula is C13H22N2O3. The predicted octanol–water partition coefficient (Wildman–Crippen LogP) is 2.50. The van der Waals surface area contributed by atoms with Crippen molar-refractivity contribution in [1.29, 1.82) is 0 Å². The summed E-state index contributed by atoms with van der Waals surface area (Å²) >= 11 is 0. The minimum absolute atomic E-state index is 0.0758. The predicted molar refractivity (Wildman–Crippen MR) is 67.1 cm³/mol. The number of carbonyl (C=O) groups excluding carboxylic acids is 1. The summed E-state index contributed by atoms with van der Waals surface area (Å²) in [6, 6.07) is 0. The van der Waals surface area contributed by atoms with Gasteiger partial charge in [0, 0.05) is 12.0 Å². The smallest absolute Gasteiger partial charge is 0.234 e. The Morgan fingerprint density at radius 2 is 1.89 bits per heavy atom. The average Bonchev–Trinajstić information content (AvgIpc) is 2.65. The van der Waals surface area contributed by atoms with Crippen LogP contribution in [0.1, 0.15) is 53.3 Å². The Hall–Kier alpha value is -1.23. The second-order valence-corrected chi connectivity index (χ2v) is 5.80. The highest BCUT2D eigenvalue weighted by molar-refractivity contribution is 5.84. The molecule has 0 fully saturated rings. The van der Waals surface area contributed by atoms with Gasteiger partial charge >= 0.3 is 0 Å². The molecule has 0 saturated carbocycles. The Bertz CT molecular complexity index is 416. The van der Waals surface area contributed by atoms with Gasteiger partial charge in [-0.1, -0.05) is 25.9 Å². The zero-order valence-corrected chi connectivity index (χ0v) is 12.0. The maximum Gasteiger partial charge on any atom is 0.234 e. The molecule has 0 saturated heterocycles. The van der Waals surface area contributed by atoms with Crippen LogP contribution in [0.5, 0.6) is 0 Å². The standard InChI is InChI=1S/C13H22N2O3/c1-7-17-13(5,6)11-14-10(18-15-11)8-9(16)12(2,3)4/h7-8H2,1-6H3. The zero-order valence-electron chi connectivity index (χ0n) is 12.0. The minimum Gasteiger partial charge on any atom is -0.368 e. The van der Waals surface area contributed by atoms with Crippen molar-refractivity contribution in [1.82, 2.24) is 10.1 Å². The topological polar surface area (TPSA) is 65.2 Å². The SMILES string of the molecule is CCOC(C)(C)c1noc(CC(=O)C(C)(C)C)n1. The molecule has 0 unspecified atom stereocenters. The van der Waals surface area contributed by atoms with Crippen molar-refractivity contribution in [2.75, 3.05) is 6.61 Å². The van der Waals surface area contributed by atoms with Crippen molar-refractivity contribution >= 4 is 5.78 Å². The van der Waals surface area contributed by atoms with E-state index in [2.05, 4.69) is 10.1 Å². The molecule has 1 rings (SSSR count). The molecule has 1 heterocycles. The molecule has 0 aliphatic heterocycles. The maximum atomic E-state index is 11.9. The molecule has 0 atom stereocenters. The second-order valence-electron chi connectivity index (χ2n) is 5.80. The van der Waals surface area contributed by atoms with Crippen molar-refractivity contribution in [3.63, 3.8) is 0 Å². The molecule has 0 N–H and O–H groups in total. The van der Waals surface area contributed by atoms with Crippen LogP contribution in [0.15, 0.2) is 4.52 Å². The van der Waals surface area contributed by atoms with Crippen LogP contribution in [0.25, 0.3) is 0 Å². The van der Waals surface area contributed by atoms with Crippen LogP contribution in [-0.2, 0) is 21.6 Å². The lowest BCUT2D eigenvalue weighted by Gasteiger charge is -2.19. The lowest BCUT2D eigenvalue weighted by atomic mass is 9.89. The Labute approximate surface area is 108 Å². The molecule has 1 aromatic rings. The number of ketones is 1. The number of nitrogens with zero attached hydrogens (tertiary/aromatic N) is 2. The van der Waals surface area contributed by atoms with E-state index in [4.69, 9.17) is 9.26 Å². The van der Waals surface area contributed by atoms with Crippen LogP contribution >= 0.6 is 0 Å². The van der Waals surface area contributed by atoms with Crippen LogP contribution in [-0.4, -0.2) is 22.5 Å². The third kappa shape index (κ3) is 3.63. The van der Waals surface area contributed by atoms with E-state index in [1.807, 2.05) is 41.5 Å².